The lowest BCUT2D eigenvalue weighted by Crippen LogP contribution is -2.60. The van der Waals surface area contributed by atoms with Crippen molar-refractivity contribution >= 4 is 18.0 Å². The molecule has 0 heterocycles. The second-order valence-electron chi connectivity index (χ2n) is 8.96. The molecule has 0 aromatic heterocycles. The van der Waals surface area contributed by atoms with Gasteiger partial charge in [-0.25, -0.2) is 4.79 Å². The van der Waals surface area contributed by atoms with Crippen molar-refractivity contribution < 1.29 is 29.0 Å². The molecule has 0 radical (unpaired) electrons. The summed E-state index contributed by atoms with van der Waals surface area (Å²) in [5.41, 5.74) is 3.12. The Balaban J connectivity index is 1.60. The maximum Gasteiger partial charge on any atom is 0.408 e. The number of carboxylic acids is 1. The Bertz CT molecular complexity index is 994. The molecule has 182 valence electrons. The minimum Gasteiger partial charge on any atom is -0.481 e. The van der Waals surface area contributed by atoms with Gasteiger partial charge in [0.25, 0.3) is 0 Å². The summed E-state index contributed by atoms with van der Waals surface area (Å²) in [6.07, 6.45) is -0.240. The molecule has 3 N–H and O–H groups in total. The number of hydrogen-bond acceptors (Lipinski definition) is 5. The molecule has 8 heteroatoms. The van der Waals surface area contributed by atoms with Crippen LogP contribution in [-0.2, 0) is 19.1 Å². The van der Waals surface area contributed by atoms with Crippen molar-refractivity contribution in [1.29, 1.82) is 0 Å². The van der Waals surface area contributed by atoms with Gasteiger partial charge >= 0.3 is 12.1 Å². The summed E-state index contributed by atoms with van der Waals surface area (Å²) in [7, 11) is 1.44. The van der Waals surface area contributed by atoms with Gasteiger partial charge < -0.3 is 25.2 Å². The summed E-state index contributed by atoms with van der Waals surface area (Å²) in [6, 6.07) is 16.1. The van der Waals surface area contributed by atoms with E-state index in [-0.39, 0.29) is 38.0 Å². The SMILES string of the molecule is COCC(C)(NC(=O)OCC1c2ccccc2-c2ccccc21)C(=O)NCC(C)CCC(=O)O. The number of benzene rings is 2. The number of carbonyl (C=O) groups is 3. The number of amides is 2. The van der Waals surface area contributed by atoms with Gasteiger partial charge in [-0.2, -0.15) is 0 Å². The van der Waals surface area contributed by atoms with Gasteiger partial charge in [-0.15, -0.1) is 0 Å². The predicted molar refractivity (Wildman–Crippen MR) is 128 cm³/mol. The largest absolute Gasteiger partial charge is 0.481 e. The number of aliphatic carboxylic acids is 1. The van der Waals surface area contributed by atoms with Crippen LogP contribution in [-0.4, -0.2) is 55.5 Å². The maximum atomic E-state index is 12.8. The molecule has 2 unspecified atom stereocenters. The minimum absolute atomic E-state index is 0.0266. The zero-order valence-corrected chi connectivity index (χ0v) is 19.8. The Morgan fingerprint density at radius 3 is 2.21 bits per heavy atom. The van der Waals surface area contributed by atoms with Gasteiger partial charge in [-0.1, -0.05) is 55.5 Å². The zero-order chi connectivity index (χ0) is 24.7. The fourth-order valence-electron chi connectivity index (χ4n) is 4.24. The fraction of sp³-hybridized carbons (Fsp3) is 0.423. The lowest BCUT2D eigenvalue weighted by Gasteiger charge is -2.29. The summed E-state index contributed by atoms with van der Waals surface area (Å²) in [6.45, 7) is 3.80. The monoisotopic (exact) mass is 468 g/mol. The number of nitrogens with one attached hydrogen (secondary N) is 2. The van der Waals surface area contributed by atoms with Crippen LogP contribution in [0.5, 0.6) is 0 Å². The first-order valence-electron chi connectivity index (χ1n) is 11.4. The van der Waals surface area contributed by atoms with Crippen LogP contribution in [0.1, 0.15) is 43.7 Å². The molecule has 1 aliphatic rings. The fourth-order valence-corrected chi connectivity index (χ4v) is 4.24. The number of hydrogen-bond donors (Lipinski definition) is 3. The highest BCUT2D eigenvalue weighted by molar-refractivity contribution is 5.89. The molecule has 0 saturated heterocycles. The Hall–Kier alpha value is -3.39. The van der Waals surface area contributed by atoms with E-state index in [0.29, 0.717) is 6.42 Å². The van der Waals surface area contributed by atoms with Gasteiger partial charge in [0, 0.05) is 26.0 Å². The Labute approximate surface area is 199 Å². The Morgan fingerprint density at radius 1 is 1.06 bits per heavy atom. The van der Waals surface area contributed by atoms with Gasteiger partial charge in [0.15, 0.2) is 0 Å². The van der Waals surface area contributed by atoms with Crippen LogP contribution in [0, 0.1) is 5.92 Å². The minimum atomic E-state index is -1.34. The van der Waals surface area contributed by atoms with Crippen molar-refractivity contribution in [2.75, 3.05) is 26.9 Å². The van der Waals surface area contributed by atoms with Gasteiger partial charge in [-0.05, 0) is 41.5 Å². The zero-order valence-electron chi connectivity index (χ0n) is 19.8. The number of rotatable bonds is 11. The van der Waals surface area contributed by atoms with E-state index in [1.54, 1.807) is 6.92 Å². The van der Waals surface area contributed by atoms with Crippen molar-refractivity contribution in [1.82, 2.24) is 10.6 Å². The summed E-state index contributed by atoms with van der Waals surface area (Å²) >= 11 is 0. The molecule has 8 nitrogen and oxygen atoms in total. The van der Waals surface area contributed by atoms with Crippen molar-refractivity contribution in [3.8, 4) is 11.1 Å². The number of fused-ring (bicyclic) bond motifs is 3. The lowest BCUT2D eigenvalue weighted by atomic mass is 9.98. The van der Waals surface area contributed by atoms with E-state index < -0.39 is 23.5 Å². The van der Waals surface area contributed by atoms with Crippen LogP contribution >= 0.6 is 0 Å². The predicted octanol–water partition coefficient (Wildman–Crippen LogP) is 3.55. The molecular formula is C26H32N2O6. The quantitative estimate of drug-likeness (QED) is 0.465. The third-order valence-corrected chi connectivity index (χ3v) is 6.12. The molecule has 2 atom stereocenters. The van der Waals surface area contributed by atoms with E-state index in [0.717, 1.165) is 22.3 Å². The second-order valence-corrected chi connectivity index (χ2v) is 8.96. The van der Waals surface area contributed by atoms with E-state index in [2.05, 4.69) is 22.8 Å². The summed E-state index contributed by atoms with van der Waals surface area (Å²) < 4.78 is 10.7. The molecule has 2 aromatic carbocycles. The van der Waals surface area contributed by atoms with E-state index in [9.17, 15) is 14.4 Å². The highest BCUT2D eigenvalue weighted by atomic mass is 16.5. The van der Waals surface area contributed by atoms with Gasteiger partial charge in [0.1, 0.15) is 12.1 Å². The van der Waals surface area contributed by atoms with Crippen molar-refractivity contribution in [2.45, 2.75) is 38.1 Å². The van der Waals surface area contributed by atoms with E-state index in [1.807, 2.05) is 43.3 Å². The first-order chi connectivity index (χ1) is 16.2. The first kappa shape index (κ1) is 25.2. The topological polar surface area (TPSA) is 114 Å². The van der Waals surface area contributed by atoms with Crippen LogP contribution in [0.15, 0.2) is 48.5 Å². The van der Waals surface area contributed by atoms with Gasteiger partial charge in [0.2, 0.25) is 5.91 Å². The highest BCUT2D eigenvalue weighted by Gasteiger charge is 2.36. The molecule has 1 aliphatic carbocycles. The van der Waals surface area contributed by atoms with Crippen LogP contribution in [0.2, 0.25) is 0 Å². The standard InChI is InChI=1S/C26H32N2O6/c1-17(12-13-23(29)30)14-27-24(31)26(2,16-33-3)28-25(32)34-15-22-20-10-6-4-8-18(20)19-9-5-7-11-21(19)22/h4-11,17,22H,12-16H2,1-3H3,(H,27,31)(H,28,32)(H,29,30). The normalized spacial score (nSPS) is 14.9. The van der Waals surface area contributed by atoms with Crippen molar-refractivity contribution in [3.63, 3.8) is 0 Å². The average Bonchev–Trinajstić information content (AvgIpc) is 3.13. The third-order valence-electron chi connectivity index (χ3n) is 6.12. The van der Waals surface area contributed by atoms with Crippen LogP contribution in [0.4, 0.5) is 4.79 Å². The summed E-state index contributed by atoms with van der Waals surface area (Å²) in [5, 5.41) is 14.2. The summed E-state index contributed by atoms with van der Waals surface area (Å²) in [5.74, 6) is -1.42. The number of alkyl carbamates (subject to hydrolysis) is 1. The molecule has 0 fully saturated rings. The molecule has 0 spiro atoms. The maximum absolute atomic E-state index is 12.8. The molecule has 3 rings (SSSR count). The Morgan fingerprint density at radius 2 is 1.65 bits per heavy atom. The summed E-state index contributed by atoms with van der Waals surface area (Å²) in [4.78, 5) is 36.3. The smallest absolute Gasteiger partial charge is 0.408 e. The van der Waals surface area contributed by atoms with Crippen LogP contribution in [0.3, 0.4) is 0 Å². The molecule has 2 aromatic rings. The lowest BCUT2D eigenvalue weighted by molar-refractivity contribution is -0.137. The number of methoxy groups -OCH3 is 1. The van der Waals surface area contributed by atoms with Gasteiger partial charge in [0.05, 0.1) is 6.61 Å². The van der Waals surface area contributed by atoms with Crippen LogP contribution in [0.25, 0.3) is 11.1 Å². The van der Waals surface area contributed by atoms with Crippen molar-refractivity contribution in [3.05, 3.63) is 59.7 Å². The third kappa shape index (κ3) is 5.94. The highest BCUT2D eigenvalue weighted by Crippen LogP contribution is 2.44. The molecule has 0 saturated carbocycles. The molecular weight excluding hydrogens is 436 g/mol. The first-order valence-corrected chi connectivity index (χ1v) is 11.4. The number of carboxylic acid groups (broad SMARTS) is 1. The molecule has 34 heavy (non-hydrogen) atoms. The van der Waals surface area contributed by atoms with Crippen LogP contribution < -0.4 is 10.6 Å². The molecule has 0 aliphatic heterocycles. The molecule has 2 amide bonds. The van der Waals surface area contributed by atoms with E-state index in [4.69, 9.17) is 14.6 Å². The van der Waals surface area contributed by atoms with Crippen molar-refractivity contribution in [2.24, 2.45) is 5.92 Å². The Kier molecular flexibility index (Phi) is 8.28. The number of ether oxygens (including phenoxy) is 2. The van der Waals surface area contributed by atoms with Gasteiger partial charge in [-0.3, -0.25) is 9.59 Å². The van der Waals surface area contributed by atoms with E-state index in [1.165, 1.54) is 7.11 Å². The number of carbonyl (C=O) groups excluding carboxylic acids is 2. The molecule has 0 bridgehead atoms. The second kappa shape index (κ2) is 11.2. The van der Waals surface area contributed by atoms with E-state index >= 15 is 0 Å². The average molecular weight is 469 g/mol.